The number of anilines is 1. The van der Waals surface area contributed by atoms with Gasteiger partial charge in [0.2, 0.25) is 5.95 Å². The topological polar surface area (TPSA) is 89.3 Å². The Bertz CT molecular complexity index is 1270. The number of nitrogens with zero attached hydrogens (tertiary/aromatic N) is 4. The number of rotatable bonds is 8. The largest absolute Gasteiger partial charge is 0.478 e. The van der Waals surface area contributed by atoms with Crippen molar-refractivity contribution in [2.75, 3.05) is 31.6 Å². The maximum atomic E-state index is 13.5. The highest BCUT2D eigenvalue weighted by atomic mass is 35.5. The summed E-state index contributed by atoms with van der Waals surface area (Å²) in [6.45, 7) is 3.44. The number of piperidine rings is 1. The van der Waals surface area contributed by atoms with Crippen LogP contribution in [0.15, 0.2) is 35.3 Å². The molecule has 4 rings (SSSR count). The minimum absolute atomic E-state index is 0.130. The number of alkyl halides is 1. The highest BCUT2D eigenvalue weighted by Crippen LogP contribution is 2.25. The second kappa shape index (κ2) is 11.0. The standard InChI is InChI=1S/C25H29ClFN5O3/c1-3-8-32-21-5-4-16(11-17(21)13-22(24(32)34)35-15-23(33)28-2)12-20-19(26)14-29-25(30-20)31-9-6-18(27)7-10-31/h4-5,11,13-14,18H,3,6-10,12,15H2,1-2H3,(H,28,33). The van der Waals surface area contributed by atoms with Crippen molar-refractivity contribution in [3.8, 4) is 5.75 Å². The average Bonchev–Trinajstić information content (AvgIpc) is 2.86. The van der Waals surface area contributed by atoms with Gasteiger partial charge in [-0.1, -0.05) is 24.6 Å². The number of ether oxygens (including phenoxy) is 1. The van der Waals surface area contributed by atoms with E-state index in [0.29, 0.717) is 55.6 Å². The summed E-state index contributed by atoms with van der Waals surface area (Å²) < 4.78 is 20.7. The zero-order valence-corrected chi connectivity index (χ0v) is 20.6. The molecule has 1 aromatic carbocycles. The molecular weight excluding hydrogens is 473 g/mol. The van der Waals surface area contributed by atoms with Crippen LogP contribution in [-0.2, 0) is 17.8 Å². The number of hydrogen-bond acceptors (Lipinski definition) is 6. The monoisotopic (exact) mass is 501 g/mol. The maximum Gasteiger partial charge on any atom is 0.293 e. The van der Waals surface area contributed by atoms with Crippen molar-refractivity contribution in [2.24, 2.45) is 0 Å². The summed E-state index contributed by atoms with van der Waals surface area (Å²) in [5.74, 6) is 0.370. The number of hydrogen-bond donors (Lipinski definition) is 1. The normalized spacial score (nSPS) is 14.3. The van der Waals surface area contributed by atoms with E-state index >= 15 is 0 Å². The molecule has 0 radical (unpaired) electrons. The van der Waals surface area contributed by atoms with Crippen molar-refractivity contribution >= 4 is 34.4 Å². The van der Waals surface area contributed by atoms with Crippen molar-refractivity contribution < 1.29 is 13.9 Å². The molecule has 3 aromatic rings. The number of halogens is 2. The molecule has 2 aromatic heterocycles. The van der Waals surface area contributed by atoms with E-state index in [9.17, 15) is 14.0 Å². The predicted octanol–water partition coefficient (Wildman–Crippen LogP) is 3.51. The Kier molecular flexibility index (Phi) is 7.85. The van der Waals surface area contributed by atoms with Crippen LogP contribution >= 0.6 is 11.6 Å². The quantitative estimate of drug-likeness (QED) is 0.508. The van der Waals surface area contributed by atoms with Crippen LogP contribution in [0.4, 0.5) is 10.3 Å². The number of aromatic nitrogens is 3. The SMILES string of the molecule is CCCn1c(=O)c(OCC(=O)NC)cc2cc(Cc3nc(N4CCC(F)CC4)ncc3Cl)ccc21. The van der Waals surface area contributed by atoms with Crippen molar-refractivity contribution in [1.29, 1.82) is 0 Å². The fourth-order valence-corrected chi connectivity index (χ4v) is 4.35. The number of carbonyl (C=O) groups excluding carboxylic acids is 1. The van der Waals surface area contributed by atoms with Gasteiger partial charge in [-0.25, -0.2) is 14.4 Å². The van der Waals surface area contributed by atoms with Gasteiger partial charge < -0.3 is 19.5 Å². The number of nitrogens with one attached hydrogen (secondary N) is 1. The average molecular weight is 502 g/mol. The van der Waals surface area contributed by atoms with Gasteiger partial charge in [0.25, 0.3) is 11.5 Å². The van der Waals surface area contributed by atoms with Gasteiger partial charge in [0.15, 0.2) is 12.4 Å². The molecule has 1 N–H and O–H groups in total. The molecule has 0 bridgehead atoms. The van der Waals surface area contributed by atoms with E-state index in [1.807, 2.05) is 30.0 Å². The van der Waals surface area contributed by atoms with Crippen molar-refractivity contribution in [1.82, 2.24) is 19.9 Å². The minimum atomic E-state index is -0.772. The van der Waals surface area contributed by atoms with Crippen LogP contribution in [0.2, 0.25) is 5.02 Å². The number of aryl methyl sites for hydroxylation is 1. The summed E-state index contributed by atoms with van der Waals surface area (Å²) in [5, 5.41) is 3.76. The second-order valence-electron chi connectivity index (χ2n) is 8.62. The summed E-state index contributed by atoms with van der Waals surface area (Å²) in [6.07, 6.45) is 2.99. The molecule has 0 spiro atoms. The molecule has 0 atom stereocenters. The van der Waals surface area contributed by atoms with Gasteiger partial charge in [0.1, 0.15) is 6.17 Å². The van der Waals surface area contributed by atoms with Gasteiger partial charge in [-0.15, -0.1) is 0 Å². The summed E-state index contributed by atoms with van der Waals surface area (Å²) in [5.41, 5.74) is 2.15. The van der Waals surface area contributed by atoms with Gasteiger partial charge in [-0.2, -0.15) is 0 Å². The second-order valence-corrected chi connectivity index (χ2v) is 9.03. The number of likely N-dealkylation sites (N-methyl/N-ethyl adjacent to an activating group) is 1. The zero-order chi connectivity index (χ0) is 24.9. The first-order valence-corrected chi connectivity index (χ1v) is 12.2. The molecule has 0 saturated carbocycles. The van der Waals surface area contributed by atoms with Crippen molar-refractivity contribution in [3.63, 3.8) is 0 Å². The predicted molar refractivity (Wildman–Crippen MR) is 134 cm³/mol. The highest BCUT2D eigenvalue weighted by molar-refractivity contribution is 6.31. The molecular formula is C25H29ClFN5O3. The third kappa shape index (κ3) is 5.73. The first-order valence-electron chi connectivity index (χ1n) is 11.8. The molecule has 35 heavy (non-hydrogen) atoms. The zero-order valence-electron chi connectivity index (χ0n) is 19.9. The van der Waals surface area contributed by atoms with Gasteiger partial charge in [-0.05, 0) is 43.0 Å². The Morgan fingerprint density at radius 2 is 2.06 bits per heavy atom. The molecule has 0 unspecified atom stereocenters. The third-order valence-electron chi connectivity index (χ3n) is 6.09. The van der Waals surface area contributed by atoms with Crippen LogP contribution in [0, 0.1) is 0 Å². The molecule has 10 heteroatoms. The van der Waals surface area contributed by atoms with Gasteiger partial charge in [0.05, 0.1) is 22.4 Å². The molecule has 1 saturated heterocycles. The van der Waals surface area contributed by atoms with Crippen LogP contribution < -0.4 is 20.5 Å². The summed E-state index contributed by atoms with van der Waals surface area (Å²) >= 11 is 6.42. The smallest absolute Gasteiger partial charge is 0.293 e. The van der Waals surface area contributed by atoms with Gasteiger partial charge >= 0.3 is 0 Å². The Labute approximate surface area is 208 Å². The van der Waals surface area contributed by atoms with Crippen LogP contribution in [0.25, 0.3) is 10.9 Å². The highest BCUT2D eigenvalue weighted by Gasteiger charge is 2.21. The van der Waals surface area contributed by atoms with Crippen LogP contribution in [0.1, 0.15) is 37.4 Å². The Hall–Kier alpha value is -3.20. The van der Waals surface area contributed by atoms with E-state index < -0.39 is 6.17 Å². The lowest BCUT2D eigenvalue weighted by atomic mass is 10.1. The molecule has 1 amide bonds. The van der Waals surface area contributed by atoms with Crippen molar-refractivity contribution in [3.05, 3.63) is 57.1 Å². The first kappa shape index (κ1) is 24.9. The Morgan fingerprint density at radius 3 is 2.77 bits per heavy atom. The molecule has 8 nitrogen and oxygen atoms in total. The van der Waals surface area contributed by atoms with Crippen LogP contribution in [0.5, 0.6) is 5.75 Å². The Balaban J connectivity index is 1.65. The van der Waals surface area contributed by atoms with E-state index in [1.54, 1.807) is 16.8 Å². The van der Waals surface area contributed by atoms with Gasteiger partial charge in [-0.3, -0.25) is 9.59 Å². The number of fused-ring (bicyclic) bond motifs is 1. The van der Waals surface area contributed by atoms with E-state index in [1.165, 1.54) is 7.05 Å². The van der Waals surface area contributed by atoms with E-state index in [2.05, 4.69) is 15.3 Å². The molecule has 1 fully saturated rings. The number of carbonyl (C=O) groups is 1. The number of benzene rings is 1. The molecule has 1 aliphatic rings. The summed E-state index contributed by atoms with van der Waals surface area (Å²) in [4.78, 5) is 35.6. The lowest BCUT2D eigenvalue weighted by molar-refractivity contribution is -0.122. The van der Waals surface area contributed by atoms with Crippen LogP contribution in [0.3, 0.4) is 0 Å². The van der Waals surface area contributed by atoms with Crippen LogP contribution in [-0.4, -0.2) is 53.4 Å². The molecule has 1 aliphatic heterocycles. The third-order valence-corrected chi connectivity index (χ3v) is 6.41. The fraction of sp³-hybridized carbons (Fsp3) is 0.440. The van der Waals surface area contributed by atoms with E-state index in [-0.39, 0.29) is 23.8 Å². The maximum absolute atomic E-state index is 13.5. The number of amides is 1. The Morgan fingerprint density at radius 1 is 1.29 bits per heavy atom. The molecule has 186 valence electrons. The molecule has 3 heterocycles. The fourth-order valence-electron chi connectivity index (χ4n) is 4.19. The lowest BCUT2D eigenvalue weighted by Crippen LogP contribution is -2.35. The first-order chi connectivity index (χ1) is 16.9. The minimum Gasteiger partial charge on any atom is -0.478 e. The summed E-state index contributed by atoms with van der Waals surface area (Å²) in [6, 6.07) is 7.50. The van der Waals surface area contributed by atoms with Gasteiger partial charge in [0, 0.05) is 38.5 Å². The van der Waals surface area contributed by atoms with Crippen molar-refractivity contribution in [2.45, 2.75) is 45.3 Å². The van der Waals surface area contributed by atoms with E-state index in [0.717, 1.165) is 22.9 Å². The molecule has 0 aliphatic carbocycles. The number of pyridine rings is 1. The summed E-state index contributed by atoms with van der Waals surface area (Å²) in [7, 11) is 1.51. The lowest BCUT2D eigenvalue weighted by Gasteiger charge is -2.28. The van der Waals surface area contributed by atoms with E-state index in [4.69, 9.17) is 16.3 Å².